The molecule has 0 saturated carbocycles. The van der Waals surface area contributed by atoms with Crippen LogP contribution >= 0.6 is 0 Å². The van der Waals surface area contributed by atoms with Crippen molar-refractivity contribution in [2.24, 2.45) is 14.1 Å². The van der Waals surface area contributed by atoms with E-state index in [0.29, 0.717) is 0 Å². The van der Waals surface area contributed by atoms with Gasteiger partial charge in [0.15, 0.2) is 0 Å². The van der Waals surface area contributed by atoms with E-state index in [-0.39, 0.29) is 0 Å². The number of rotatable bonds is 2. The summed E-state index contributed by atoms with van der Waals surface area (Å²) >= 11 is 0. The topological polar surface area (TPSA) is 35.6 Å². The minimum Gasteiger partial charge on any atom is -0.334 e. The maximum absolute atomic E-state index is 4.90. The van der Waals surface area contributed by atoms with Crippen LogP contribution in [0.3, 0.4) is 0 Å². The Kier molecular flexibility index (Phi) is 7.27. The molecule has 2 aliphatic rings. The zero-order chi connectivity index (χ0) is 18.4. The lowest BCUT2D eigenvalue weighted by Crippen LogP contribution is -2.09. The van der Waals surface area contributed by atoms with Crippen molar-refractivity contribution in [2.45, 2.75) is 85.5 Å². The number of aromatic nitrogens is 4. The van der Waals surface area contributed by atoms with E-state index in [2.05, 4.69) is 23.2 Å². The van der Waals surface area contributed by atoms with Gasteiger partial charge in [-0.1, -0.05) is 27.7 Å². The molecular formula is C21H36N4. The van der Waals surface area contributed by atoms with E-state index in [9.17, 15) is 0 Å². The summed E-state index contributed by atoms with van der Waals surface area (Å²) in [6.07, 6.45) is 10.8. The molecule has 0 spiro atoms. The van der Waals surface area contributed by atoms with Crippen LogP contribution in [-0.2, 0) is 46.2 Å². The summed E-state index contributed by atoms with van der Waals surface area (Å²) in [6.45, 7) is 8.00. The number of imidazole rings is 2. The van der Waals surface area contributed by atoms with E-state index in [1.165, 1.54) is 72.9 Å². The van der Waals surface area contributed by atoms with E-state index < -0.39 is 0 Å². The molecule has 0 saturated heterocycles. The van der Waals surface area contributed by atoms with Crippen molar-refractivity contribution in [3.05, 3.63) is 34.4 Å². The lowest BCUT2D eigenvalue weighted by molar-refractivity contribution is 0.635. The Labute approximate surface area is 153 Å². The average Bonchev–Trinajstić information content (AvgIpc) is 3.17. The summed E-state index contributed by atoms with van der Waals surface area (Å²) in [6, 6.07) is 0. The molecule has 4 rings (SSSR count). The van der Waals surface area contributed by atoms with Gasteiger partial charge in [-0.05, 0) is 51.4 Å². The molecule has 25 heavy (non-hydrogen) atoms. The molecule has 0 atom stereocenters. The quantitative estimate of drug-likeness (QED) is 0.801. The fraction of sp³-hybridized carbons (Fsp3) is 0.714. The molecule has 0 bridgehead atoms. The molecule has 0 radical (unpaired) electrons. The highest BCUT2D eigenvalue weighted by molar-refractivity contribution is 5.25. The molecule has 0 aliphatic heterocycles. The standard InChI is InChI=1S/C17H24N4.2C2H6/c1-20-14-9-5-3-7-12(14)18-16(20)11-17-19-13-8-4-6-10-15(13)21(17)2;2*1-2/h3-11H2,1-2H3;2*1-2H3. The second kappa shape index (κ2) is 9.21. The lowest BCUT2D eigenvalue weighted by atomic mass is 10.0. The molecule has 0 unspecified atom stereocenters. The van der Waals surface area contributed by atoms with Crippen molar-refractivity contribution in [3.63, 3.8) is 0 Å². The van der Waals surface area contributed by atoms with Gasteiger partial charge in [-0.15, -0.1) is 0 Å². The number of hydrogen-bond donors (Lipinski definition) is 0. The van der Waals surface area contributed by atoms with E-state index in [0.717, 1.165) is 19.3 Å². The number of fused-ring (bicyclic) bond motifs is 2. The predicted molar refractivity (Wildman–Crippen MR) is 105 cm³/mol. The van der Waals surface area contributed by atoms with Crippen molar-refractivity contribution in [1.29, 1.82) is 0 Å². The summed E-state index contributed by atoms with van der Waals surface area (Å²) < 4.78 is 4.64. The number of aryl methyl sites for hydroxylation is 2. The monoisotopic (exact) mass is 344 g/mol. The minimum atomic E-state index is 0.868. The molecule has 4 heteroatoms. The van der Waals surface area contributed by atoms with Crippen LogP contribution in [0.5, 0.6) is 0 Å². The van der Waals surface area contributed by atoms with Gasteiger partial charge in [0.1, 0.15) is 11.6 Å². The van der Waals surface area contributed by atoms with Gasteiger partial charge >= 0.3 is 0 Å². The molecule has 0 amide bonds. The Morgan fingerprint density at radius 3 is 1.36 bits per heavy atom. The van der Waals surface area contributed by atoms with Crippen LogP contribution in [-0.4, -0.2) is 19.1 Å². The molecule has 2 aliphatic carbocycles. The van der Waals surface area contributed by atoms with E-state index in [1.807, 2.05) is 27.7 Å². The van der Waals surface area contributed by atoms with Crippen molar-refractivity contribution in [2.75, 3.05) is 0 Å². The largest absolute Gasteiger partial charge is 0.334 e. The van der Waals surface area contributed by atoms with Crippen LogP contribution in [0.15, 0.2) is 0 Å². The highest BCUT2D eigenvalue weighted by Gasteiger charge is 2.21. The third-order valence-corrected chi connectivity index (χ3v) is 5.25. The molecule has 0 aromatic carbocycles. The van der Waals surface area contributed by atoms with E-state index in [4.69, 9.17) is 9.97 Å². The van der Waals surface area contributed by atoms with Crippen molar-refractivity contribution in [3.8, 4) is 0 Å². The van der Waals surface area contributed by atoms with E-state index in [1.54, 1.807) is 0 Å². The lowest BCUT2D eigenvalue weighted by Gasteiger charge is -2.12. The summed E-state index contributed by atoms with van der Waals surface area (Å²) in [5, 5.41) is 0. The molecule has 2 aromatic heterocycles. The zero-order valence-corrected chi connectivity index (χ0v) is 17.2. The van der Waals surface area contributed by atoms with Gasteiger partial charge < -0.3 is 9.13 Å². The molecule has 2 aromatic rings. The van der Waals surface area contributed by atoms with Crippen LogP contribution in [0, 0.1) is 0 Å². The highest BCUT2D eigenvalue weighted by atomic mass is 15.1. The Morgan fingerprint density at radius 1 is 0.640 bits per heavy atom. The Hall–Kier alpha value is -1.58. The van der Waals surface area contributed by atoms with Gasteiger partial charge in [-0.3, -0.25) is 0 Å². The van der Waals surface area contributed by atoms with Crippen LogP contribution in [0.1, 0.15) is 87.8 Å². The van der Waals surface area contributed by atoms with Gasteiger partial charge in [-0.2, -0.15) is 0 Å². The number of nitrogens with zero attached hydrogens (tertiary/aromatic N) is 4. The van der Waals surface area contributed by atoms with Crippen LogP contribution < -0.4 is 0 Å². The maximum atomic E-state index is 4.90. The SMILES string of the molecule is CC.CC.Cn1c(Cc2nc3c(n2C)CCCC3)nc2c1CCCC2. The minimum absolute atomic E-state index is 0.868. The first-order chi connectivity index (χ1) is 12.2. The fourth-order valence-corrected chi connectivity index (χ4v) is 3.94. The molecule has 2 heterocycles. The Balaban J connectivity index is 0.000000528. The smallest absolute Gasteiger partial charge is 0.116 e. The van der Waals surface area contributed by atoms with Crippen LogP contribution in [0.4, 0.5) is 0 Å². The second-order valence-corrected chi connectivity index (χ2v) is 6.55. The normalized spacial score (nSPS) is 15.3. The first-order valence-corrected chi connectivity index (χ1v) is 10.3. The molecule has 0 fully saturated rings. The van der Waals surface area contributed by atoms with Gasteiger partial charge in [0.25, 0.3) is 0 Å². The predicted octanol–water partition coefficient (Wildman–Crippen LogP) is 4.55. The van der Waals surface area contributed by atoms with Crippen molar-refractivity contribution >= 4 is 0 Å². The second-order valence-electron chi connectivity index (χ2n) is 6.55. The fourth-order valence-electron chi connectivity index (χ4n) is 3.94. The maximum Gasteiger partial charge on any atom is 0.116 e. The number of hydrogen-bond acceptors (Lipinski definition) is 2. The summed E-state index contributed by atoms with van der Waals surface area (Å²) in [4.78, 5) is 9.81. The molecule has 4 nitrogen and oxygen atoms in total. The van der Waals surface area contributed by atoms with Gasteiger partial charge in [-0.25, -0.2) is 9.97 Å². The third kappa shape index (κ3) is 3.99. The first kappa shape index (κ1) is 19.7. The van der Waals surface area contributed by atoms with Crippen LogP contribution in [0.25, 0.3) is 0 Å². The summed E-state index contributed by atoms with van der Waals surface area (Å²) in [5.41, 5.74) is 5.57. The van der Waals surface area contributed by atoms with E-state index >= 15 is 0 Å². The summed E-state index contributed by atoms with van der Waals surface area (Å²) in [5.74, 6) is 2.37. The van der Waals surface area contributed by atoms with Gasteiger partial charge in [0.2, 0.25) is 0 Å². The Bertz CT molecular complexity index is 620. The van der Waals surface area contributed by atoms with Crippen molar-refractivity contribution in [1.82, 2.24) is 19.1 Å². The van der Waals surface area contributed by atoms with Gasteiger partial charge in [0.05, 0.1) is 17.8 Å². The molecular weight excluding hydrogens is 308 g/mol. The van der Waals surface area contributed by atoms with Crippen molar-refractivity contribution < 1.29 is 0 Å². The summed E-state index contributed by atoms with van der Waals surface area (Å²) in [7, 11) is 4.35. The van der Waals surface area contributed by atoms with Crippen LogP contribution in [0.2, 0.25) is 0 Å². The third-order valence-electron chi connectivity index (χ3n) is 5.25. The zero-order valence-electron chi connectivity index (χ0n) is 17.2. The highest BCUT2D eigenvalue weighted by Crippen LogP contribution is 2.25. The molecule has 140 valence electrons. The Morgan fingerprint density at radius 2 is 1.00 bits per heavy atom. The van der Waals surface area contributed by atoms with Gasteiger partial charge in [0, 0.05) is 25.5 Å². The first-order valence-electron chi connectivity index (χ1n) is 10.3. The average molecular weight is 345 g/mol. The molecule has 0 N–H and O–H groups in total.